The van der Waals surface area contributed by atoms with Crippen LogP contribution < -0.4 is 5.32 Å². The molecule has 2 saturated heterocycles. The molecule has 0 saturated carbocycles. The van der Waals surface area contributed by atoms with E-state index in [-0.39, 0.29) is 4.90 Å². The van der Waals surface area contributed by atoms with Gasteiger partial charge >= 0.3 is 0 Å². The molecule has 0 aliphatic carbocycles. The molecule has 2 heterocycles. The molecule has 7 heteroatoms. The Kier molecular flexibility index (Phi) is 3.07. The standard InChI is InChI=1S/C12H14F2N2O2S/c13-11-2-1-10(3-12(11)14)19(17,18)16-6-8-4-15-5-9(8)7-16/h1-3,8-9,15H,4-7H2/t8-,9+. The van der Waals surface area contributed by atoms with Gasteiger partial charge in [0.1, 0.15) is 0 Å². The Morgan fingerprint density at radius 2 is 1.74 bits per heavy atom. The molecule has 2 atom stereocenters. The highest BCUT2D eigenvalue weighted by Gasteiger charge is 2.41. The molecule has 4 nitrogen and oxygen atoms in total. The number of fused-ring (bicyclic) bond motifs is 1. The Morgan fingerprint density at radius 1 is 1.11 bits per heavy atom. The lowest BCUT2D eigenvalue weighted by Crippen LogP contribution is -2.32. The average molecular weight is 288 g/mol. The molecule has 0 spiro atoms. The summed E-state index contributed by atoms with van der Waals surface area (Å²) in [5.41, 5.74) is 0. The third kappa shape index (κ3) is 2.15. The van der Waals surface area contributed by atoms with Gasteiger partial charge in [-0.1, -0.05) is 0 Å². The van der Waals surface area contributed by atoms with E-state index in [1.165, 1.54) is 4.31 Å². The van der Waals surface area contributed by atoms with Crippen LogP contribution in [0.5, 0.6) is 0 Å². The van der Waals surface area contributed by atoms with E-state index in [9.17, 15) is 17.2 Å². The Labute approximate surface area is 110 Å². The molecule has 3 rings (SSSR count). The summed E-state index contributed by atoms with van der Waals surface area (Å²) in [4.78, 5) is -0.181. The van der Waals surface area contributed by atoms with Gasteiger partial charge in [0, 0.05) is 13.1 Å². The third-order valence-electron chi connectivity index (χ3n) is 3.88. The number of nitrogens with zero attached hydrogens (tertiary/aromatic N) is 1. The summed E-state index contributed by atoms with van der Waals surface area (Å²) in [5, 5.41) is 3.22. The molecule has 0 aromatic heterocycles. The van der Waals surface area contributed by atoms with E-state index in [1.54, 1.807) is 0 Å². The maximum absolute atomic E-state index is 13.2. The van der Waals surface area contributed by atoms with Gasteiger partial charge in [-0.15, -0.1) is 0 Å². The Hall–Kier alpha value is -1.05. The van der Waals surface area contributed by atoms with Gasteiger partial charge in [-0.05, 0) is 43.1 Å². The van der Waals surface area contributed by atoms with Gasteiger partial charge in [0.2, 0.25) is 10.0 Å². The highest BCUT2D eigenvalue weighted by atomic mass is 32.2. The maximum Gasteiger partial charge on any atom is 0.243 e. The first-order valence-electron chi connectivity index (χ1n) is 6.14. The lowest BCUT2D eigenvalue weighted by atomic mass is 10.0. The Balaban J connectivity index is 1.88. The van der Waals surface area contributed by atoms with Gasteiger partial charge in [0.25, 0.3) is 0 Å². The summed E-state index contributed by atoms with van der Waals surface area (Å²) >= 11 is 0. The van der Waals surface area contributed by atoms with Crippen LogP contribution in [-0.4, -0.2) is 38.9 Å². The van der Waals surface area contributed by atoms with Crippen molar-refractivity contribution in [1.29, 1.82) is 0 Å². The van der Waals surface area contributed by atoms with E-state index in [0.717, 1.165) is 31.3 Å². The van der Waals surface area contributed by atoms with Crippen LogP contribution >= 0.6 is 0 Å². The average Bonchev–Trinajstić information content (AvgIpc) is 2.93. The predicted octanol–water partition coefficient (Wildman–Crippen LogP) is 0.805. The van der Waals surface area contributed by atoms with Gasteiger partial charge in [-0.2, -0.15) is 4.31 Å². The van der Waals surface area contributed by atoms with Gasteiger partial charge in [0.05, 0.1) is 4.90 Å². The van der Waals surface area contributed by atoms with Crippen molar-refractivity contribution in [2.24, 2.45) is 11.8 Å². The summed E-state index contributed by atoms with van der Waals surface area (Å²) in [6.07, 6.45) is 0. The summed E-state index contributed by atoms with van der Waals surface area (Å²) < 4.78 is 52.1. The fourth-order valence-electron chi connectivity index (χ4n) is 2.79. The monoisotopic (exact) mass is 288 g/mol. The molecule has 2 aliphatic heterocycles. The maximum atomic E-state index is 13.2. The van der Waals surface area contributed by atoms with Gasteiger partial charge < -0.3 is 5.32 Å². The van der Waals surface area contributed by atoms with Gasteiger partial charge in [-0.25, -0.2) is 17.2 Å². The minimum atomic E-state index is -3.72. The molecule has 1 aromatic carbocycles. The van der Waals surface area contributed by atoms with E-state index < -0.39 is 21.7 Å². The van der Waals surface area contributed by atoms with Crippen molar-refractivity contribution < 1.29 is 17.2 Å². The van der Waals surface area contributed by atoms with Crippen LogP contribution in [0.15, 0.2) is 23.1 Å². The SMILES string of the molecule is O=S(=O)(c1ccc(F)c(F)c1)N1C[C@H]2CNC[C@H]2C1. The molecule has 104 valence electrons. The van der Waals surface area contributed by atoms with Crippen molar-refractivity contribution in [2.75, 3.05) is 26.2 Å². The second-order valence-electron chi connectivity index (χ2n) is 5.08. The van der Waals surface area contributed by atoms with E-state index in [4.69, 9.17) is 0 Å². The zero-order valence-electron chi connectivity index (χ0n) is 10.1. The van der Waals surface area contributed by atoms with E-state index in [2.05, 4.69) is 5.32 Å². The normalized spacial score (nSPS) is 27.7. The first-order chi connectivity index (χ1) is 8.98. The van der Waals surface area contributed by atoms with Gasteiger partial charge in [0.15, 0.2) is 11.6 Å². The summed E-state index contributed by atoms with van der Waals surface area (Å²) in [6, 6.07) is 2.71. The molecule has 0 amide bonds. The largest absolute Gasteiger partial charge is 0.316 e. The van der Waals surface area contributed by atoms with Crippen LogP contribution in [0.3, 0.4) is 0 Å². The van der Waals surface area contributed by atoms with E-state index in [0.29, 0.717) is 24.9 Å². The summed E-state index contributed by atoms with van der Waals surface area (Å²) in [5.74, 6) is -1.54. The fourth-order valence-corrected chi connectivity index (χ4v) is 4.36. The Morgan fingerprint density at radius 3 is 2.32 bits per heavy atom. The first kappa shape index (κ1) is 13.0. The molecule has 19 heavy (non-hydrogen) atoms. The zero-order valence-corrected chi connectivity index (χ0v) is 11.0. The summed E-state index contributed by atoms with van der Waals surface area (Å²) in [6.45, 7) is 2.51. The quantitative estimate of drug-likeness (QED) is 0.876. The number of benzene rings is 1. The lowest BCUT2D eigenvalue weighted by molar-refractivity contribution is 0.446. The lowest BCUT2D eigenvalue weighted by Gasteiger charge is -2.17. The minimum Gasteiger partial charge on any atom is -0.316 e. The molecular formula is C12H14F2N2O2S. The molecule has 0 bridgehead atoms. The molecule has 2 fully saturated rings. The smallest absolute Gasteiger partial charge is 0.243 e. The molecule has 2 aliphatic rings. The van der Waals surface area contributed by atoms with Crippen molar-refractivity contribution in [2.45, 2.75) is 4.90 Å². The van der Waals surface area contributed by atoms with Crippen molar-refractivity contribution in [1.82, 2.24) is 9.62 Å². The number of rotatable bonds is 2. The van der Waals surface area contributed by atoms with Crippen molar-refractivity contribution in [3.63, 3.8) is 0 Å². The van der Waals surface area contributed by atoms with Crippen LogP contribution in [0.1, 0.15) is 0 Å². The second-order valence-corrected chi connectivity index (χ2v) is 7.01. The second kappa shape index (κ2) is 4.50. The van der Waals surface area contributed by atoms with Crippen molar-refractivity contribution >= 4 is 10.0 Å². The highest BCUT2D eigenvalue weighted by Crippen LogP contribution is 2.31. The predicted molar refractivity (Wildman–Crippen MR) is 65.0 cm³/mol. The molecule has 0 radical (unpaired) electrons. The highest BCUT2D eigenvalue weighted by molar-refractivity contribution is 7.89. The van der Waals surface area contributed by atoms with Crippen LogP contribution in [0.4, 0.5) is 8.78 Å². The van der Waals surface area contributed by atoms with Crippen LogP contribution in [-0.2, 0) is 10.0 Å². The first-order valence-corrected chi connectivity index (χ1v) is 7.58. The number of hydrogen-bond acceptors (Lipinski definition) is 3. The van der Waals surface area contributed by atoms with Crippen molar-refractivity contribution in [3.8, 4) is 0 Å². The number of nitrogens with one attached hydrogen (secondary N) is 1. The van der Waals surface area contributed by atoms with E-state index >= 15 is 0 Å². The molecule has 0 unspecified atom stereocenters. The molecular weight excluding hydrogens is 274 g/mol. The zero-order chi connectivity index (χ0) is 13.6. The van der Waals surface area contributed by atoms with Gasteiger partial charge in [-0.3, -0.25) is 0 Å². The molecule has 1 N–H and O–H groups in total. The number of hydrogen-bond donors (Lipinski definition) is 1. The number of halogens is 2. The topological polar surface area (TPSA) is 49.4 Å². The van der Waals surface area contributed by atoms with Crippen molar-refractivity contribution in [3.05, 3.63) is 29.8 Å². The fraction of sp³-hybridized carbons (Fsp3) is 0.500. The van der Waals surface area contributed by atoms with Crippen LogP contribution in [0.2, 0.25) is 0 Å². The summed E-state index contributed by atoms with van der Waals surface area (Å²) in [7, 11) is -3.72. The molecule has 1 aromatic rings. The number of sulfonamides is 1. The van der Waals surface area contributed by atoms with Crippen LogP contribution in [0.25, 0.3) is 0 Å². The minimum absolute atomic E-state index is 0.181. The van der Waals surface area contributed by atoms with Crippen LogP contribution in [0, 0.1) is 23.5 Å². The third-order valence-corrected chi connectivity index (χ3v) is 5.71. The Bertz CT molecular complexity index is 594. The van der Waals surface area contributed by atoms with E-state index in [1.807, 2.05) is 0 Å².